The summed E-state index contributed by atoms with van der Waals surface area (Å²) < 4.78 is 13.2. The first-order valence-corrected chi connectivity index (χ1v) is 8.17. The molecule has 0 spiro atoms. The van der Waals surface area contributed by atoms with Crippen LogP contribution in [0.5, 0.6) is 5.75 Å². The summed E-state index contributed by atoms with van der Waals surface area (Å²) in [6.45, 7) is 4.12. The molecule has 0 amide bonds. The molecule has 1 aromatic rings. The first kappa shape index (κ1) is 16.3. The van der Waals surface area contributed by atoms with Crippen molar-refractivity contribution in [3.8, 4) is 5.75 Å². The summed E-state index contributed by atoms with van der Waals surface area (Å²) in [4.78, 5) is 0. The molecular weight excluding hydrogens is 266 g/mol. The second-order valence-electron chi connectivity index (χ2n) is 5.79. The summed E-state index contributed by atoms with van der Waals surface area (Å²) in [5.74, 6) is 0.871. The Balaban J connectivity index is 2.00. The third-order valence-corrected chi connectivity index (χ3v) is 4.19. The van der Waals surface area contributed by atoms with Gasteiger partial charge in [-0.1, -0.05) is 6.92 Å². The molecule has 0 bridgehead atoms. The van der Waals surface area contributed by atoms with Gasteiger partial charge in [0.05, 0.1) is 31.1 Å². The average Bonchev–Trinajstić information content (AvgIpc) is 2.89. The molecule has 1 fully saturated rings. The number of hydrogen-bond acceptors (Lipinski definition) is 4. The number of aryl methyl sites for hydroxylation is 1. The monoisotopic (exact) mass is 295 g/mol. The van der Waals surface area contributed by atoms with E-state index in [2.05, 4.69) is 17.3 Å². The van der Waals surface area contributed by atoms with E-state index in [-0.39, 0.29) is 6.04 Å². The van der Waals surface area contributed by atoms with Crippen LogP contribution in [0, 0.1) is 0 Å². The summed E-state index contributed by atoms with van der Waals surface area (Å²) in [5.41, 5.74) is 1.14. The number of rotatable bonds is 8. The lowest BCUT2D eigenvalue weighted by atomic mass is 9.99. The number of methoxy groups -OCH3 is 1. The van der Waals surface area contributed by atoms with Gasteiger partial charge in [-0.2, -0.15) is 5.10 Å². The van der Waals surface area contributed by atoms with Gasteiger partial charge >= 0.3 is 0 Å². The van der Waals surface area contributed by atoms with Crippen molar-refractivity contribution >= 4 is 0 Å². The fourth-order valence-electron chi connectivity index (χ4n) is 3.02. The summed E-state index contributed by atoms with van der Waals surface area (Å²) in [6.07, 6.45) is 9.20. The predicted octanol–water partition coefficient (Wildman–Crippen LogP) is 2.82. The Hall–Kier alpha value is -1.07. The average molecular weight is 295 g/mol. The van der Waals surface area contributed by atoms with Crippen molar-refractivity contribution in [1.82, 2.24) is 15.1 Å². The van der Waals surface area contributed by atoms with Crippen LogP contribution in [-0.2, 0) is 11.8 Å². The van der Waals surface area contributed by atoms with E-state index in [0.717, 1.165) is 43.9 Å². The highest BCUT2D eigenvalue weighted by atomic mass is 16.5. The van der Waals surface area contributed by atoms with E-state index in [9.17, 15) is 0 Å². The van der Waals surface area contributed by atoms with Crippen LogP contribution < -0.4 is 10.1 Å². The number of hydrogen-bond donors (Lipinski definition) is 1. The van der Waals surface area contributed by atoms with Gasteiger partial charge < -0.3 is 14.8 Å². The van der Waals surface area contributed by atoms with Crippen LogP contribution >= 0.6 is 0 Å². The van der Waals surface area contributed by atoms with Crippen LogP contribution in [-0.4, -0.2) is 36.1 Å². The minimum absolute atomic E-state index is 0.276. The third-order valence-electron chi connectivity index (χ3n) is 4.19. The molecule has 2 atom stereocenters. The first-order valence-electron chi connectivity index (χ1n) is 8.17. The van der Waals surface area contributed by atoms with Gasteiger partial charge in [-0.3, -0.25) is 4.68 Å². The maximum atomic E-state index is 5.86. The fraction of sp³-hybridized carbons (Fsp3) is 0.812. The zero-order chi connectivity index (χ0) is 15.1. The standard InChI is InChI=1S/C16H29N3O2/c1-4-10-17-14(9-8-13-7-5-6-11-21-13)16-15(20-3)12-18-19(16)2/h12-14,17H,4-11H2,1-3H3. The van der Waals surface area contributed by atoms with Gasteiger partial charge in [0.2, 0.25) is 0 Å². The van der Waals surface area contributed by atoms with E-state index in [4.69, 9.17) is 9.47 Å². The molecule has 1 aliphatic heterocycles. The van der Waals surface area contributed by atoms with Crippen LogP contribution in [0.2, 0.25) is 0 Å². The van der Waals surface area contributed by atoms with E-state index in [1.807, 2.05) is 11.7 Å². The fourth-order valence-corrected chi connectivity index (χ4v) is 3.02. The lowest BCUT2D eigenvalue weighted by Crippen LogP contribution is -2.27. The summed E-state index contributed by atoms with van der Waals surface area (Å²) in [6, 6.07) is 0.276. The van der Waals surface area contributed by atoms with Crippen LogP contribution in [0.25, 0.3) is 0 Å². The van der Waals surface area contributed by atoms with E-state index in [1.165, 1.54) is 19.3 Å². The Labute approximate surface area is 128 Å². The summed E-state index contributed by atoms with van der Waals surface area (Å²) in [5, 5.41) is 7.96. The minimum Gasteiger partial charge on any atom is -0.493 e. The maximum Gasteiger partial charge on any atom is 0.161 e. The second kappa shape index (κ2) is 8.39. The van der Waals surface area contributed by atoms with Crippen LogP contribution in [0.4, 0.5) is 0 Å². The molecule has 0 aliphatic carbocycles. The highest BCUT2D eigenvalue weighted by molar-refractivity contribution is 5.28. The molecule has 0 radical (unpaired) electrons. The molecule has 120 valence electrons. The molecule has 5 heteroatoms. The zero-order valence-electron chi connectivity index (χ0n) is 13.6. The molecule has 5 nitrogen and oxygen atoms in total. The normalized spacial score (nSPS) is 20.4. The van der Waals surface area contributed by atoms with Crippen molar-refractivity contribution in [3.63, 3.8) is 0 Å². The molecule has 1 N–H and O–H groups in total. The number of nitrogens with zero attached hydrogens (tertiary/aromatic N) is 2. The van der Waals surface area contributed by atoms with Gasteiger partial charge in [-0.15, -0.1) is 0 Å². The van der Waals surface area contributed by atoms with Gasteiger partial charge in [0.15, 0.2) is 5.75 Å². The van der Waals surface area contributed by atoms with Gasteiger partial charge in [-0.25, -0.2) is 0 Å². The van der Waals surface area contributed by atoms with Crippen molar-refractivity contribution in [2.75, 3.05) is 20.3 Å². The Bertz CT molecular complexity index is 414. The van der Waals surface area contributed by atoms with Crippen molar-refractivity contribution in [3.05, 3.63) is 11.9 Å². The third kappa shape index (κ3) is 4.45. The number of aromatic nitrogens is 2. The van der Waals surface area contributed by atoms with Gasteiger partial charge in [0.25, 0.3) is 0 Å². The smallest absolute Gasteiger partial charge is 0.161 e. The highest BCUT2D eigenvalue weighted by Crippen LogP contribution is 2.29. The van der Waals surface area contributed by atoms with Crippen LogP contribution in [0.3, 0.4) is 0 Å². The quantitative estimate of drug-likeness (QED) is 0.801. The van der Waals surface area contributed by atoms with E-state index in [0.29, 0.717) is 6.10 Å². The summed E-state index contributed by atoms with van der Waals surface area (Å²) in [7, 11) is 3.69. The number of ether oxygens (including phenoxy) is 2. The zero-order valence-corrected chi connectivity index (χ0v) is 13.6. The molecule has 1 saturated heterocycles. The van der Waals surface area contributed by atoms with Crippen molar-refractivity contribution < 1.29 is 9.47 Å². The van der Waals surface area contributed by atoms with Crippen molar-refractivity contribution in [2.24, 2.45) is 7.05 Å². The van der Waals surface area contributed by atoms with Crippen molar-refractivity contribution in [1.29, 1.82) is 0 Å². The molecule has 2 rings (SSSR count). The van der Waals surface area contributed by atoms with Gasteiger partial charge in [-0.05, 0) is 45.1 Å². The summed E-state index contributed by atoms with van der Waals surface area (Å²) >= 11 is 0. The van der Waals surface area contributed by atoms with E-state index in [1.54, 1.807) is 13.3 Å². The van der Waals surface area contributed by atoms with Gasteiger partial charge in [0, 0.05) is 13.7 Å². The van der Waals surface area contributed by atoms with Crippen LogP contribution in [0.15, 0.2) is 6.20 Å². The maximum absolute atomic E-state index is 5.86. The molecule has 0 aromatic carbocycles. The first-order chi connectivity index (χ1) is 10.3. The molecule has 2 unspecified atom stereocenters. The topological polar surface area (TPSA) is 48.3 Å². The Morgan fingerprint density at radius 3 is 3.05 bits per heavy atom. The number of nitrogens with one attached hydrogen (secondary N) is 1. The lowest BCUT2D eigenvalue weighted by molar-refractivity contribution is 0.00838. The molecule has 21 heavy (non-hydrogen) atoms. The minimum atomic E-state index is 0.276. The predicted molar refractivity (Wildman–Crippen MR) is 83.6 cm³/mol. The van der Waals surface area contributed by atoms with Gasteiger partial charge in [0.1, 0.15) is 0 Å². The van der Waals surface area contributed by atoms with Crippen molar-refractivity contribution in [2.45, 2.75) is 57.6 Å². The van der Waals surface area contributed by atoms with Crippen LogP contribution in [0.1, 0.15) is 57.2 Å². The molecule has 1 aromatic heterocycles. The molecule has 2 heterocycles. The lowest BCUT2D eigenvalue weighted by Gasteiger charge is -2.26. The Kier molecular flexibility index (Phi) is 6.51. The Morgan fingerprint density at radius 2 is 2.38 bits per heavy atom. The molecular formula is C16H29N3O2. The second-order valence-corrected chi connectivity index (χ2v) is 5.79. The molecule has 1 aliphatic rings. The highest BCUT2D eigenvalue weighted by Gasteiger charge is 2.22. The largest absolute Gasteiger partial charge is 0.493 e. The molecule has 0 saturated carbocycles. The SMILES string of the molecule is CCCNC(CCC1CCCCO1)c1c(OC)cnn1C. The van der Waals surface area contributed by atoms with E-state index >= 15 is 0 Å². The van der Waals surface area contributed by atoms with E-state index < -0.39 is 0 Å². The Morgan fingerprint density at radius 1 is 1.52 bits per heavy atom.